The molecule has 0 saturated heterocycles. The zero-order valence-electron chi connectivity index (χ0n) is 28.4. The number of carboxylic acid groups (broad SMARTS) is 1. The van der Waals surface area contributed by atoms with Gasteiger partial charge in [-0.1, -0.05) is 84.0 Å². The second kappa shape index (κ2) is 39.4. The average molecular weight is 670 g/mol. The molecule has 0 aliphatic rings. The van der Waals surface area contributed by atoms with Gasteiger partial charge >= 0.3 is 17.9 Å². The normalized spacial score (nSPS) is 11.4. The molecule has 0 fully saturated rings. The number of hydrogen-bond donors (Lipinski definition) is 8. The predicted molar refractivity (Wildman–Crippen MR) is 177 cm³/mol. The van der Waals surface area contributed by atoms with E-state index in [-0.39, 0.29) is 46.1 Å². The first-order valence-corrected chi connectivity index (χ1v) is 17.0. The lowest BCUT2D eigenvalue weighted by atomic mass is 10.0. The maximum absolute atomic E-state index is 11.5. The molecule has 1 atom stereocenters. The van der Waals surface area contributed by atoms with Gasteiger partial charge in [0.25, 0.3) is 0 Å². The van der Waals surface area contributed by atoms with Crippen LogP contribution in [0.5, 0.6) is 0 Å². The Kier molecular flexibility index (Phi) is 41.7. The summed E-state index contributed by atoms with van der Waals surface area (Å²) in [5.74, 6) is -2.79. The molecule has 14 heteroatoms. The first-order valence-electron chi connectivity index (χ1n) is 17.0. The molecule has 0 amide bonds. The largest absolute Gasteiger partial charge is 0.481 e. The van der Waals surface area contributed by atoms with Crippen LogP contribution < -0.4 is 5.73 Å². The molecular formula is C32H67N3O11. The number of aliphatic hydroxyl groups excluding tert-OH is 6. The summed E-state index contributed by atoms with van der Waals surface area (Å²) in [4.78, 5) is 36.9. The lowest BCUT2D eigenvalue weighted by molar-refractivity contribution is -0.162. The molecule has 9 N–H and O–H groups in total. The maximum Gasteiger partial charge on any atom is 0.331 e. The van der Waals surface area contributed by atoms with Crippen LogP contribution in [0.2, 0.25) is 0 Å². The van der Waals surface area contributed by atoms with E-state index in [1.807, 2.05) is 0 Å². The Morgan fingerprint density at radius 1 is 0.565 bits per heavy atom. The lowest BCUT2D eigenvalue weighted by Gasteiger charge is -2.17. The molecule has 0 unspecified atom stereocenters. The van der Waals surface area contributed by atoms with Gasteiger partial charge < -0.3 is 46.2 Å². The molecule has 0 heterocycles. The van der Waals surface area contributed by atoms with E-state index in [0.29, 0.717) is 45.7 Å². The molecule has 14 nitrogen and oxygen atoms in total. The highest BCUT2D eigenvalue weighted by atomic mass is 16.6. The number of carbonyl (C=O) groups excluding carboxylic acids is 2. The number of unbranched alkanes of at least 4 members (excludes halogenated alkanes) is 12. The Hall–Kier alpha value is -1.75. The number of esters is 2. The zero-order valence-corrected chi connectivity index (χ0v) is 28.4. The number of nitrogens with two attached hydrogens (primary N) is 1. The van der Waals surface area contributed by atoms with E-state index in [9.17, 15) is 14.4 Å². The van der Waals surface area contributed by atoms with Crippen molar-refractivity contribution in [2.45, 2.75) is 109 Å². The molecule has 0 bridgehead atoms. The molecule has 0 spiro atoms. The summed E-state index contributed by atoms with van der Waals surface area (Å²) in [6.07, 6.45) is 15.4. The van der Waals surface area contributed by atoms with Crippen molar-refractivity contribution in [3.8, 4) is 0 Å². The van der Waals surface area contributed by atoms with E-state index in [4.69, 9.17) is 41.5 Å². The van der Waals surface area contributed by atoms with Crippen LogP contribution in [-0.4, -0.2) is 148 Å². The second-order valence-corrected chi connectivity index (χ2v) is 11.0. The molecule has 276 valence electrons. The van der Waals surface area contributed by atoms with Crippen molar-refractivity contribution in [2.75, 3.05) is 78.9 Å². The number of hydrogen-bond acceptors (Lipinski definition) is 13. The minimum atomic E-state index is -1.29. The van der Waals surface area contributed by atoms with Crippen LogP contribution in [0.1, 0.15) is 103 Å². The van der Waals surface area contributed by atoms with Gasteiger partial charge in [0.2, 0.25) is 0 Å². The minimum Gasteiger partial charge on any atom is -0.481 e. The fourth-order valence-corrected chi connectivity index (χ4v) is 4.32. The Bertz CT molecular complexity index is 629. The fraction of sp³-hybridized carbons (Fsp3) is 0.906. The van der Waals surface area contributed by atoms with Crippen molar-refractivity contribution >= 4 is 17.9 Å². The first-order chi connectivity index (χ1) is 22.2. The topological polar surface area (TPSA) is 235 Å². The number of nitrogens with zero attached hydrogens (tertiary/aromatic N) is 2. The van der Waals surface area contributed by atoms with E-state index in [1.54, 1.807) is 9.80 Å². The number of rotatable bonds is 29. The molecule has 0 rings (SSSR count). The van der Waals surface area contributed by atoms with Crippen LogP contribution in [0.4, 0.5) is 0 Å². The van der Waals surface area contributed by atoms with Crippen molar-refractivity contribution in [1.29, 1.82) is 0 Å². The molecular weight excluding hydrogens is 602 g/mol. The summed E-state index contributed by atoms with van der Waals surface area (Å²) in [5, 5.41) is 59.4. The van der Waals surface area contributed by atoms with Gasteiger partial charge in [-0.05, 0) is 6.42 Å². The fourth-order valence-electron chi connectivity index (χ4n) is 4.32. The third-order valence-corrected chi connectivity index (χ3v) is 6.89. The number of carbonyl (C=O) groups is 3. The molecule has 0 aromatic heterocycles. The van der Waals surface area contributed by atoms with Gasteiger partial charge in [0.05, 0.1) is 46.1 Å². The van der Waals surface area contributed by atoms with E-state index in [2.05, 4.69) is 11.7 Å². The Morgan fingerprint density at radius 3 is 1.15 bits per heavy atom. The van der Waals surface area contributed by atoms with Gasteiger partial charge in [-0.15, -0.1) is 0 Å². The second-order valence-electron chi connectivity index (χ2n) is 11.0. The molecule has 0 saturated carbocycles. The van der Waals surface area contributed by atoms with Crippen LogP contribution in [0.3, 0.4) is 0 Å². The molecule has 0 radical (unpaired) electrons. The Labute approximate surface area is 276 Å². The Balaban J connectivity index is -0.000000752. The molecule has 0 aromatic carbocycles. The van der Waals surface area contributed by atoms with E-state index in [1.165, 1.54) is 64.2 Å². The number of ether oxygens (including phenoxy) is 1. The molecule has 0 aromatic rings. The maximum atomic E-state index is 11.5. The van der Waals surface area contributed by atoms with Crippen LogP contribution in [0.25, 0.3) is 0 Å². The summed E-state index contributed by atoms with van der Waals surface area (Å²) in [5.41, 5.74) is 5.33. The van der Waals surface area contributed by atoms with Gasteiger partial charge in [0.1, 0.15) is 6.04 Å². The summed E-state index contributed by atoms with van der Waals surface area (Å²) >= 11 is 0. The first kappa shape index (κ1) is 48.6. The summed E-state index contributed by atoms with van der Waals surface area (Å²) in [6.45, 7) is 5.74. The average Bonchev–Trinajstić information content (AvgIpc) is 3.00. The van der Waals surface area contributed by atoms with Gasteiger partial charge in [-0.25, -0.2) is 4.79 Å². The number of aliphatic hydroxyl groups is 6. The standard InChI is InChI=1S/C20H37NO5.2C6H15NO3/c1-2-3-4-5-6-7-8-9-10-11-12-13-14-15-19(24)26-20(25)17(21)16-18(22)23;2*8-4-1-7(2-5-9)3-6-10/h17H,2-16,21H2,1H3,(H,22,23);2*8-10H,1-6H2/t17-;;/m0../s1. The summed E-state index contributed by atoms with van der Waals surface area (Å²) in [6, 6.07) is -1.29. The van der Waals surface area contributed by atoms with E-state index < -0.39 is 30.4 Å². The lowest BCUT2D eigenvalue weighted by Crippen LogP contribution is -2.35. The van der Waals surface area contributed by atoms with Crippen molar-refractivity contribution in [3.05, 3.63) is 0 Å². The summed E-state index contributed by atoms with van der Waals surface area (Å²) < 4.78 is 4.55. The van der Waals surface area contributed by atoms with Crippen molar-refractivity contribution in [3.63, 3.8) is 0 Å². The zero-order chi connectivity index (χ0) is 35.3. The summed E-state index contributed by atoms with van der Waals surface area (Å²) in [7, 11) is 0. The van der Waals surface area contributed by atoms with E-state index >= 15 is 0 Å². The monoisotopic (exact) mass is 669 g/mol. The Morgan fingerprint density at radius 2 is 0.870 bits per heavy atom. The van der Waals surface area contributed by atoms with Gasteiger partial charge in [0.15, 0.2) is 0 Å². The molecule has 46 heavy (non-hydrogen) atoms. The predicted octanol–water partition coefficient (Wildman–Crippen LogP) is 0.870. The third-order valence-electron chi connectivity index (χ3n) is 6.89. The van der Waals surface area contributed by atoms with Gasteiger partial charge in [-0.2, -0.15) is 0 Å². The van der Waals surface area contributed by atoms with Crippen molar-refractivity contribution in [2.24, 2.45) is 5.73 Å². The van der Waals surface area contributed by atoms with Gasteiger partial charge in [0, 0.05) is 45.7 Å². The van der Waals surface area contributed by atoms with Crippen LogP contribution >= 0.6 is 0 Å². The van der Waals surface area contributed by atoms with Crippen molar-refractivity contribution < 1.29 is 54.9 Å². The van der Waals surface area contributed by atoms with Crippen LogP contribution in [0.15, 0.2) is 0 Å². The molecule has 0 aliphatic heterocycles. The van der Waals surface area contributed by atoms with Crippen LogP contribution in [0, 0.1) is 0 Å². The number of carboxylic acids is 1. The third kappa shape index (κ3) is 38.4. The SMILES string of the molecule is CCCCCCCCCCCCCCCC(=O)OC(=O)[C@@H](N)CC(=O)O.OCCN(CCO)CCO.OCCN(CCO)CCO. The van der Waals surface area contributed by atoms with Crippen molar-refractivity contribution in [1.82, 2.24) is 9.80 Å². The smallest absolute Gasteiger partial charge is 0.331 e. The number of aliphatic carboxylic acids is 1. The highest BCUT2D eigenvalue weighted by molar-refractivity contribution is 5.90. The highest BCUT2D eigenvalue weighted by Gasteiger charge is 2.21. The highest BCUT2D eigenvalue weighted by Crippen LogP contribution is 2.13. The van der Waals surface area contributed by atoms with Gasteiger partial charge in [-0.3, -0.25) is 19.4 Å². The minimum absolute atomic E-state index is 0.0694. The quantitative estimate of drug-likeness (QED) is 0.0314. The molecule has 0 aliphatic carbocycles. The van der Waals surface area contributed by atoms with Crippen LogP contribution in [-0.2, 0) is 19.1 Å². The van der Waals surface area contributed by atoms with E-state index in [0.717, 1.165) is 12.8 Å².